The first-order chi connectivity index (χ1) is 7.34. The monoisotopic (exact) mass is 220 g/mol. The summed E-state index contributed by atoms with van der Waals surface area (Å²) in [7, 11) is 0. The van der Waals surface area contributed by atoms with Crippen LogP contribution in [-0.4, -0.2) is 15.9 Å². The lowest BCUT2D eigenvalue weighted by atomic mass is 10.2. The molecule has 2 rings (SSSR count). The van der Waals surface area contributed by atoms with Crippen LogP contribution in [0.25, 0.3) is 0 Å². The summed E-state index contributed by atoms with van der Waals surface area (Å²) in [6, 6.07) is 5.85. The molecule has 0 atom stereocenters. The molecule has 15 heavy (non-hydrogen) atoms. The number of nitrogens with zero attached hydrogens (tertiary/aromatic N) is 2. The summed E-state index contributed by atoms with van der Waals surface area (Å²) in [6.07, 6.45) is 4.61. The van der Waals surface area contributed by atoms with Gasteiger partial charge in [-0.05, 0) is 29.6 Å². The summed E-state index contributed by atoms with van der Waals surface area (Å²) in [5.74, 6) is 0.573. The molecule has 0 aliphatic rings. The zero-order valence-electron chi connectivity index (χ0n) is 8.18. The van der Waals surface area contributed by atoms with Crippen molar-refractivity contribution < 1.29 is 0 Å². The highest BCUT2D eigenvalue weighted by Gasteiger charge is 1.97. The second-order valence-corrected chi connectivity index (χ2v) is 3.96. The van der Waals surface area contributed by atoms with Crippen molar-refractivity contribution in [3.63, 3.8) is 0 Å². The van der Waals surface area contributed by atoms with E-state index in [9.17, 15) is 0 Å². The van der Waals surface area contributed by atoms with E-state index in [1.165, 1.54) is 17.1 Å². The number of hydrogen-bond acceptors (Lipinski definition) is 5. The first-order valence-corrected chi connectivity index (χ1v) is 5.47. The minimum absolute atomic E-state index is 0.573. The first kappa shape index (κ1) is 9.92. The van der Waals surface area contributed by atoms with Crippen molar-refractivity contribution in [2.75, 3.05) is 17.6 Å². The standard InChI is InChI=1S/C10H12N4S/c11-9-6-10(15-14-9)13-5-3-8-2-1-4-12-7-8/h1-2,4,6-7,13H,3,5H2,(H2,11,14). The molecule has 0 bridgehead atoms. The molecule has 0 unspecified atom stereocenters. The average Bonchev–Trinajstić information content (AvgIpc) is 2.66. The van der Waals surface area contributed by atoms with Crippen molar-refractivity contribution in [1.29, 1.82) is 0 Å². The van der Waals surface area contributed by atoms with Crippen LogP contribution in [0.4, 0.5) is 10.8 Å². The molecular formula is C10H12N4S. The highest BCUT2D eigenvalue weighted by molar-refractivity contribution is 7.10. The zero-order valence-corrected chi connectivity index (χ0v) is 9.00. The molecule has 0 aromatic carbocycles. The molecule has 3 N–H and O–H groups in total. The highest BCUT2D eigenvalue weighted by Crippen LogP contribution is 2.17. The van der Waals surface area contributed by atoms with Crippen LogP contribution in [0.15, 0.2) is 30.6 Å². The van der Waals surface area contributed by atoms with E-state index in [0.29, 0.717) is 5.82 Å². The van der Waals surface area contributed by atoms with Crippen LogP contribution in [0.5, 0.6) is 0 Å². The molecular weight excluding hydrogens is 208 g/mol. The minimum atomic E-state index is 0.573. The Labute approximate surface area is 92.3 Å². The quantitative estimate of drug-likeness (QED) is 0.824. The first-order valence-electron chi connectivity index (χ1n) is 4.69. The number of nitrogen functional groups attached to an aromatic ring is 1. The summed E-state index contributed by atoms with van der Waals surface area (Å²) >= 11 is 1.38. The lowest BCUT2D eigenvalue weighted by molar-refractivity contribution is 1.01. The average molecular weight is 220 g/mol. The molecule has 78 valence electrons. The second kappa shape index (κ2) is 4.75. The maximum atomic E-state index is 5.51. The van der Waals surface area contributed by atoms with Crippen LogP contribution in [0.1, 0.15) is 5.56 Å². The van der Waals surface area contributed by atoms with E-state index in [0.717, 1.165) is 18.0 Å². The zero-order chi connectivity index (χ0) is 10.5. The number of anilines is 2. The van der Waals surface area contributed by atoms with Crippen LogP contribution in [-0.2, 0) is 6.42 Å². The predicted molar refractivity (Wildman–Crippen MR) is 63.0 cm³/mol. The van der Waals surface area contributed by atoms with E-state index in [-0.39, 0.29) is 0 Å². The minimum Gasteiger partial charge on any atom is -0.383 e. The molecule has 5 heteroatoms. The Morgan fingerprint density at radius 1 is 1.47 bits per heavy atom. The molecule has 0 aliphatic carbocycles. The van der Waals surface area contributed by atoms with E-state index in [4.69, 9.17) is 5.73 Å². The predicted octanol–water partition coefficient (Wildman–Crippen LogP) is 1.77. The number of nitrogens with one attached hydrogen (secondary N) is 1. The number of rotatable bonds is 4. The van der Waals surface area contributed by atoms with Gasteiger partial charge in [0.2, 0.25) is 0 Å². The SMILES string of the molecule is Nc1cc(NCCc2cccnc2)sn1. The molecule has 0 saturated carbocycles. The molecule has 0 fully saturated rings. The van der Waals surface area contributed by atoms with Gasteiger partial charge in [-0.15, -0.1) is 0 Å². The van der Waals surface area contributed by atoms with Crippen molar-refractivity contribution >= 4 is 22.4 Å². The largest absolute Gasteiger partial charge is 0.383 e. The molecule has 4 nitrogen and oxygen atoms in total. The molecule has 2 heterocycles. The van der Waals surface area contributed by atoms with Gasteiger partial charge >= 0.3 is 0 Å². The lowest BCUT2D eigenvalue weighted by Gasteiger charge is -2.01. The molecule has 0 radical (unpaired) electrons. The Morgan fingerprint density at radius 3 is 3.07 bits per heavy atom. The van der Waals surface area contributed by atoms with E-state index < -0.39 is 0 Å². The summed E-state index contributed by atoms with van der Waals surface area (Å²) in [5, 5.41) is 4.27. The third-order valence-electron chi connectivity index (χ3n) is 1.96. The van der Waals surface area contributed by atoms with Crippen molar-refractivity contribution in [2.45, 2.75) is 6.42 Å². The van der Waals surface area contributed by atoms with Gasteiger partial charge in [0.15, 0.2) is 0 Å². The van der Waals surface area contributed by atoms with Gasteiger partial charge in [0, 0.05) is 25.0 Å². The fourth-order valence-electron chi connectivity index (χ4n) is 1.25. The van der Waals surface area contributed by atoms with E-state index in [2.05, 4.69) is 20.7 Å². The van der Waals surface area contributed by atoms with Gasteiger partial charge in [0.1, 0.15) is 10.8 Å². The van der Waals surface area contributed by atoms with Gasteiger partial charge in [0.05, 0.1) is 0 Å². The van der Waals surface area contributed by atoms with Crippen LogP contribution in [0.2, 0.25) is 0 Å². The number of nitrogens with two attached hydrogens (primary N) is 1. The van der Waals surface area contributed by atoms with Crippen LogP contribution in [0.3, 0.4) is 0 Å². The summed E-state index contributed by atoms with van der Waals surface area (Å²) in [4.78, 5) is 4.06. The summed E-state index contributed by atoms with van der Waals surface area (Å²) < 4.78 is 3.99. The van der Waals surface area contributed by atoms with Gasteiger partial charge in [-0.25, -0.2) is 0 Å². The smallest absolute Gasteiger partial charge is 0.139 e. The molecule has 0 saturated heterocycles. The molecule has 0 amide bonds. The van der Waals surface area contributed by atoms with Crippen molar-refractivity contribution in [3.8, 4) is 0 Å². The summed E-state index contributed by atoms with van der Waals surface area (Å²) in [5.41, 5.74) is 6.74. The summed E-state index contributed by atoms with van der Waals surface area (Å²) in [6.45, 7) is 0.868. The van der Waals surface area contributed by atoms with Gasteiger partial charge < -0.3 is 11.1 Å². The topological polar surface area (TPSA) is 63.8 Å². The Bertz CT molecular complexity index is 412. The molecule has 2 aromatic heterocycles. The normalized spacial score (nSPS) is 10.1. The Morgan fingerprint density at radius 2 is 2.40 bits per heavy atom. The van der Waals surface area contributed by atoms with Crippen molar-refractivity contribution in [3.05, 3.63) is 36.2 Å². The van der Waals surface area contributed by atoms with Crippen LogP contribution in [0, 0.1) is 0 Å². The lowest BCUT2D eigenvalue weighted by Crippen LogP contribution is -2.03. The van der Waals surface area contributed by atoms with Crippen LogP contribution < -0.4 is 11.1 Å². The number of pyridine rings is 1. The Kier molecular flexibility index (Phi) is 3.14. The molecule has 2 aromatic rings. The number of aromatic nitrogens is 2. The fourth-order valence-corrected chi connectivity index (χ4v) is 1.84. The maximum absolute atomic E-state index is 5.51. The molecule has 0 aliphatic heterocycles. The van der Waals surface area contributed by atoms with E-state index >= 15 is 0 Å². The van der Waals surface area contributed by atoms with Crippen molar-refractivity contribution in [1.82, 2.24) is 9.36 Å². The highest BCUT2D eigenvalue weighted by atomic mass is 32.1. The fraction of sp³-hybridized carbons (Fsp3) is 0.200. The third-order valence-corrected chi connectivity index (χ3v) is 2.73. The van der Waals surface area contributed by atoms with Gasteiger partial charge in [-0.3, -0.25) is 4.98 Å². The van der Waals surface area contributed by atoms with Crippen molar-refractivity contribution in [2.24, 2.45) is 0 Å². The van der Waals surface area contributed by atoms with Gasteiger partial charge in [0.25, 0.3) is 0 Å². The Hall–Kier alpha value is -1.62. The van der Waals surface area contributed by atoms with Crippen LogP contribution >= 0.6 is 11.5 Å². The number of hydrogen-bond donors (Lipinski definition) is 2. The maximum Gasteiger partial charge on any atom is 0.139 e. The Balaban J connectivity index is 1.80. The van der Waals surface area contributed by atoms with E-state index in [1.54, 1.807) is 6.20 Å². The molecule has 0 spiro atoms. The third kappa shape index (κ3) is 2.92. The van der Waals surface area contributed by atoms with Gasteiger partial charge in [-0.2, -0.15) is 4.37 Å². The van der Waals surface area contributed by atoms with E-state index in [1.807, 2.05) is 18.3 Å². The second-order valence-electron chi connectivity index (χ2n) is 3.15. The van der Waals surface area contributed by atoms with Gasteiger partial charge in [-0.1, -0.05) is 6.07 Å².